The minimum Gasteiger partial charge on any atom is -0.496 e. The molecule has 0 aromatic heterocycles. The van der Waals surface area contributed by atoms with Crippen LogP contribution in [-0.4, -0.2) is 12.5 Å². The molecule has 1 aromatic carbocycles. The summed E-state index contributed by atoms with van der Waals surface area (Å²) >= 11 is 5.97. The number of halogens is 2. The summed E-state index contributed by atoms with van der Waals surface area (Å²) in [5.41, 5.74) is 0.815. The summed E-state index contributed by atoms with van der Waals surface area (Å²) in [6, 6.07) is 4.48. The van der Waals surface area contributed by atoms with Crippen molar-refractivity contribution >= 4 is 11.6 Å². The maximum Gasteiger partial charge on any atom is 0.123 e. The molecular weight excluding hydrogens is 203 g/mol. The predicted molar refractivity (Wildman–Crippen MR) is 56.7 cm³/mol. The van der Waals surface area contributed by atoms with Crippen molar-refractivity contribution in [1.82, 2.24) is 0 Å². The number of alkyl halides is 1. The first-order valence-corrected chi connectivity index (χ1v) is 4.97. The van der Waals surface area contributed by atoms with Crippen molar-refractivity contribution in [2.45, 2.75) is 25.1 Å². The molecule has 0 spiro atoms. The fourth-order valence-corrected chi connectivity index (χ4v) is 1.44. The van der Waals surface area contributed by atoms with Gasteiger partial charge in [0.2, 0.25) is 0 Å². The van der Waals surface area contributed by atoms with Crippen LogP contribution < -0.4 is 4.74 Å². The van der Waals surface area contributed by atoms with E-state index >= 15 is 0 Å². The minimum atomic E-state index is -0.259. The fourth-order valence-electron chi connectivity index (χ4n) is 1.31. The van der Waals surface area contributed by atoms with Crippen LogP contribution in [-0.2, 0) is 0 Å². The molecule has 2 unspecified atom stereocenters. The third-order valence-corrected chi connectivity index (χ3v) is 2.75. The van der Waals surface area contributed by atoms with Crippen LogP contribution in [0.3, 0.4) is 0 Å². The molecule has 0 aliphatic carbocycles. The number of rotatable bonds is 3. The van der Waals surface area contributed by atoms with Crippen molar-refractivity contribution in [2.75, 3.05) is 7.11 Å². The summed E-state index contributed by atoms with van der Waals surface area (Å²) in [5.74, 6) is 0.499. The Hall–Kier alpha value is -0.760. The van der Waals surface area contributed by atoms with Crippen LogP contribution in [0.5, 0.6) is 5.75 Å². The van der Waals surface area contributed by atoms with E-state index in [-0.39, 0.29) is 17.1 Å². The highest BCUT2D eigenvalue weighted by Crippen LogP contribution is 2.31. The SMILES string of the molecule is COc1ccc(F)cc1C(C)C(C)Cl. The van der Waals surface area contributed by atoms with Gasteiger partial charge in [-0.15, -0.1) is 11.6 Å². The zero-order valence-electron chi connectivity index (χ0n) is 8.55. The highest BCUT2D eigenvalue weighted by Gasteiger charge is 2.16. The number of hydrogen-bond acceptors (Lipinski definition) is 1. The minimum absolute atomic E-state index is 0.0503. The summed E-state index contributed by atoms with van der Waals surface area (Å²) in [7, 11) is 1.57. The molecule has 0 amide bonds. The van der Waals surface area contributed by atoms with Crippen LogP contribution in [0.15, 0.2) is 18.2 Å². The maximum absolute atomic E-state index is 13.0. The molecule has 1 rings (SSSR count). The summed E-state index contributed by atoms with van der Waals surface area (Å²) in [4.78, 5) is 0. The van der Waals surface area contributed by atoms with E-state index in [9.17, 15) is 4.39 Å². The second kappa shape index (κ2) is 4.65. The molecule has 0 heterocycles. The number of benzene rings is 1. The van der Waals surface area contributed by atoms with E-state index in [1.54, 1.807) is 13.2 Å². The predicted octanol–water partition coefficient (Wildman–Crippen LogP) is 3.57. The summed E-state index contributed by atoms with van der Waals surface area (Å²) in [6.45, 7) is 3.84. The van der Waals surface area contributed by atoms with Gasteiger partial charge in [0.1, 0.15) is 11.6 Å². The average molecular weight is 217 g/mol. The van der Waals surface area contributed by atoms with Gasteiger partial charge in [-0.05, 0) is 25.1 Å². The number of methoxy groups -OCH3 is 1. The lowest BCUT2D eigenvalue weighted by molar-refractivity contribution is 0.404. The third-order valence-electron chi connectivity index (χ3n) is 2.37. The molecule has 0 saturated carbocycles. The fraction of sp³-hybridized carbons (Fsp3) is 0.455. The molecule has 0 fully saturated rings. The molecule has 0 radical (unpaired) electrons. The van der Waals surface area contributed by atoms with E-state index in [1.165, 1.54) is 12.1 Å². The summed E-state index contributed by atoms with van der Waals surface area (Å²) in [6.07, 6.45) is 0. The van der Waals surface area contributed by atoms with E-state index in [1.807, 2.05) is 13.8 Å². The lowest BCUT2D eigenvalue weighted by Crippen LogP contribution is -2.07. The Balaban J connectivity index is 3.10. The lowest BCUT2D eigenvalue weighted by Gasteiger charge is -2.17. The van der Waals surface area contributed by atoms with Crippen molar-refractivity contribution in [3.8, 4) is 5.75 Å². The first kappa shape index (κ1) is 11.3. The smallest absolute Gasteiger partial charge is 0.123 e. The zero-order valence-corrected chi connectivity index (χ0v) is 9.31. The molecule has 0 aliphatic heterocycles. The molecule has 14 heavy (non-hydrogen) atoms. The van der Waals surface area contributed by atoms with Crippen LogP contribution in [0.4, 0.5) is 4.39 Å². The summed E-state index contributed by atoms with van der Waals surface area (Å²) in [5, 5.41) is -0.0503. The molecule has 1 aromatic rings. The highest BCUT2D eigenvalue weighted by molar-refractivity contribution is 6.20. The average Bonchev–Trinajstić information content (AvgIpc) is 2.16. The largest absolute Gasteiger partial charge is 0.496 e. The van der Waals surface area contributed by atoms with Crippen molar-refractivity contribution in [2.24, 2.45) is 0 Å². The van der Waals surface area contributed by atoms with Crippen molar-refractivity contribution in [1.29, 1.82) is 0 Å². The Bertz CT molecular complexity index is 312. The van der Waals surface area contributed by atoms with Crippen LogP contribution in [0.1, 0.15) is 25.3 Å². The first-order valence-electron chi connectivity index (χ1n) is 4.53. The van der Waals surface area contributed by atoms with Crippen LogP contribution in [0, 0.1) is 5.82 Å². The Morgan fingerprint density at radius 2 is 2.00 bits per heavy atom. The zero-order chi connectivity index (χ0) is 10.7. The molecule has 0 N–H and O–H groups in total. The van der Waals surface area contributed by atoms with E-state index in [4.69, 9.17) is 16.3 Å². The Kier molecular flexibility index (Phi) is 3.76. The van der Waals surface area contributed by atoms with E-state index in [0.29, 0.717) is 5.75 Å². The van der Waals surface area contributed by atoms with Gasteiger partial charge in [0, 0.05) is 16.9 Å². The van der Waals surface area contributed by atoms with E-state index in [2.05, 4.69) is 0 Å². The quantitative estimate of drug-likeness (QED) is 0.702. The lowest BCUT2D eigenvalue weighted by atomic mass is 9.97. The van der Waals surface area contributed by atoms with Gasteiger partial charge in [-0.1, -0.05) is 6.92 Å². The van der Waals surface area contributed by atoms with Gasteiger partial charge in [-0.3, -0.25) is 0 Å². The molecular formula is C11H14ClFO. The van der Waals surface area contributed by atoms with Crippen molar-refractivity contribution < 1.29 is 9.13 Å². The van der Waals surface area contributed by atoms with Crippen LogP contribution >= 0.6 is 11.6 Å². The van der Waals surface area contributed by atoms with Gasteiger partial charge in [-0.2, -0.15) is 0 Å². The summed E-state index contributed by atoms with van der Waals surface area (Å²) < 4.78 is 18.2. The van der Waals surface area contributed by atoms with Crippen LogP contribution in [0.2, 0.25) is 0 Å². The Morgan fingerprint density at radius 1 is 1.36 bits per heavy atom. The van der Waals surface area contributed by atoms with Crippen LogP contribution in [0.25, 0.3) is 0 Å². The Labute approximate surface area is 88.8 Å². The maximum atomic E-state index is 13.0. The monoisotopic (exact) mass is 216 g/mol. The van der Waals surface area contributed by atoms with Gasteiger partial charge >= 0.3 is 0 Å². The van der Waals surface area contributed by atoms with Gasteiger partial charge in [0.05, 0.1) is 7.11 Å². The topological polar surface area (TPSA) is 9.23 Å². The second-order valence-electron chi connectivity index (χ2n) is 3.35. The van der Waals surface area contributed by atoms with Crippen molar-refractivity contribution in [3.05, 3.63) is 29.6 Å². The molecule has 78 valence electrons. The molecule has 1 nitrogen and oxygen atoms in total. The molecule has 0 bridgehead atoms. The number of ether oxygens (including phenoxy) is 1. The number of hydrogen-bond donors (Lipinski definition) is 0. The van der Waals surface area contributed by atoms with E-state index in [0.717, 1.165) is 5.56 Å². The first-order chi connectivity index (χ1) is 6.56. The van der Waals surface area contributed by atoms with Gasteiger partial charge in [-0.25, -0.2) is 4.39 Å². The van der Waals surface area contributed by atoms with Gasteiger partial charge in [0.25, 0.3) is 0 Å². The molecule has 0 aliphatic rings. The van der Waals surface area contributed by atoms with Gasteiger partial charge < -0.3 is 4.74 Å². The molecule has 3 heteroatoms. The standard InChI is InChI=1S/C11H14ClFO/c1-7(8(2)12)10-6-9(13)4-5-11(10)14-3/h4-8H,1-3H3. The molecule has 0 saturated heterocycles. The van der Waals surface area contributed by atoms with Gasteiger partial charge in [0.15, 0.2) is 0 Å². The van der Waals surface area contributed by atoms with E-state index < -0.39 is 0 Å². The third kappa shape index (κ3) is 2.38. The van der Waals surface area contributed by atoms with Crippen molar-refractivity contribution in [3.63, 3.8) is 0 Å². The molecule has 2 atom stereocenters. The Morgan fingerprint density at radius 3 is 2.50 bits per heavy atom. The second-order valence-corrected chi connectivity index (χ2v) is 4.04. The highest BCUT2D eigenvalue weighted by atomic mass is 35.5. The normalized spacial score (nSPS) is 14.9.